The van der Waals surface area contributed by atoms with Gasteiger partial charge in [0.15, 0.2) is 5.82 Å². The van der Waals surface area contributed by atoms with Crippen LogP contribution in [0.2, 0.25) is 0 Å². The second-order valence-corrected chi connectivity index (χ2v) is 4.78. The Morgan fingerprint density at radius 1 is 1.09 bits per heavy atom. The molecule has 0 bridgehead atoms. The first-order valence-corrected chi connectivity index (χ1v) is 6.90. The normalized spacial score (nSPS) is 11.0. The number of nitrogens with one attached hydrogen (secondary N) is 1. The highest BCUT2D eigenvalue weighted by molar-refractivity contribution is 5.85. The summed E-state index contributed by atoms with van der Waals surface area (Å²) in [5.41, 5.74) is 3.85. The van der Waals surface area contributed by atoms with Crippen LogP contribution in [0.1, 0.15) is 5.82 Å². The van der Waals surface area contributed by atoms with Crippen molar-refractivity contribution >= 4 is 28.6 Å². The van der Waals surface area contributed by atoms with Gasteiger partial charge in [-0.2, -0.15) is 0 Å². The zero-order valence-corrected chi connectivity index (χ0v) is 12.0. The van der Waals surface area contributed by atoms with Crippen molar-refractivity contribution in [3.05, 3.63) is 76.9 Å². The third-order valence-electron chi connectivity index (χ3n) is 3.19. The summed E-state index contributed by atoms with van der Waals surface area (Å²) in [6, 6.07) is 16.0. The van der Waals surface area contributed by atoms with Crippen LogP contribution in [0.3, 0.4) is 0 Å². The van der Waals surface area contributed by atoms with Crippen molar-refractivity contribution in [3.8, 4) is 0 Å². The fourth-order valence-corrected chi connectivity index (χ4v) is 2.16. The summed E-state index contributed by atoms with van der Waals surface area (Å²) in [5.74, 6) is -0.904. The average molecular weight is 307 g/mol. The molecule has 0 atom stereocenters. The highest BCUT2D eigenvalue weighted by Gasteiger charge is 2.09. The summed E-state index contributed by atoms with van der Waals surface area (Å²) in [6.07, 6.45) is 2.23. The molecule has 0 aliphatic heterocycles. The lowest BCUT2D eigenvalue weighted by molar-refractivity contribution is -0.131. The number of anilines is 1. The van der Waals surface area contributed by atoms with E-state index < -0.39 is 5.97 Å². The highest BCUT2D eigenvalue weighted by Crippen LogP contribution is 2.11. The molecule has 0 aliphatic rings. The molecule has 1 aromatic heterocycles. The molecule has 2 aromatic carbocycles. The van der Waals surface area contributed by atoms with E-state index >= 15 is 0 Å². The maximum Gasteiger partial charge on any atom is 0.328 e. The van der Waals surface area contributed by atoms with Gasteiger partial charge in [-0.05, 0) is 30.3 Å². The number of rotatable bonds is 4. The zero-order chi connectivity index (χ0) is 16.2. The van der Waals surface area contributed by atoms with Crippen molar-refractivity contribution in [1.82, 2.24) is 9.66 Å². The monoisotopic (exact) mass is 307 g/mol. The number of benzene rings is 2. The van der Waals surface area contributed by atoms with Gasteiger partial charge >= 0.3 is 5.97 Å². The van der Waals surface area contributed by atoms with Crippen LogP contribution in [0.25, 0.3) is 17.0 Å². The number of nitrogens with zero attached hydrogens (tertiary/aromatic N) is 2. The summed E-state index contributed by atoms with van der Waals surface area (Å²) in [5, 5.41) is 9.26. The Labute approximate surface area is 131 Å². The van der Waals surface area contributed by atoms with Crippen molar-refractivity contribution < 1.29 is 9.90 Å². The molecule has 3 aromatic rings. The summed E-state index contributed by atoms with van der Waals surface area (Å²) in [4.78, 5) is 27.8. The number of carboxylic acid groups (broad SMARTS) is 1. The van der Waals surface area contributed by atoms with Crippen LogP contribution in [0.15, 0.2) is 65.5 Å². The Kier molecular flexibility index (Phi) is 3.88. The molecule has 0 saturated carbocycles. The number of aliphatic carboxylic acids is 1. The van der Waals surface area contributed by atoms with E-state index in [1.54, 1.807) is 36.4 Å². The summed E-state index contributed by atoms with van der Waals surface area (Å²) in [6.45, 7) is 0. The Balaban J connectivity index is 2.19. The van der Waals surface area contributed by atoms with Gasteiger partial charge in [0.05, 0.1) is 16.6 Å². The van der Waals surface area contributed by atoms with E-state index in [1.807, 2.05) is 18.2 Å². The molecule has 114 valence electrons. The van der Waals surface area contributed by atoms with Crippen LogP contribution in [0.5, 0.6) is 0 Å². The first-order chi connectivity index (χ1) is 11.1. The van der Waals surface area contributed by atoms with Crippen LogP contribution in [-0.4, -0.2) is 20.7 Å². The summed E-state index contributed by atoms with van der Waals surface area (Å²) in [7, 11) is 0. The Morgan fingerprint density at radius 3 is 2.52 bits per heavy atom. The van der Waals surface area contributed by atoms with E-state index in [0.29, 0.717) is 16.6 Å². The first kappa shape index (κ1) is 14.5. The van der Waals surface area contributed by atoms with Crippen molar-refractivity contribution in [2.45, 2.75) is 0 Å². The highest BCUT2D eigenvalue weighted by atomic mass is 16.4. The molecular formula is C17H13N3O3. The van der Waals surface area contributed by atoms with Crippen molar-refractivity contribution in [1.29, 1.82) is 0 Å². The fraction of sp³-hybridized carbons (Fsp3) is 0. The molecule has 1 heterocycles. The van der Waals surface area contributed by atoms with E-state index in [-0.39, 0.29) is 11.4 Å². The maximum absolute atomic E-state index is 12.7. The fourth-order valence-electron chi connectivity index (χ4n) is 2.16. The SMILES string of the molecule is O=C(O)/C=C/c1nc2ccccc2c(=O)n1Nc1ccccc1. The number of para-hydroxylation sites is 2. The van der Waals surface area contributed by atoms with E-state index in [1.165, 1.54) is 10.8 Å². The van der Waals surface area contributed by atoms with Gasteiger partial charge in [-0.25, -0.2) is 14.5 Å². The smallest absolute Gasteiger partial charge is 0.328 e. The lowest BCUT2D eigenvalue weighted by atomic mass is 10.2. The Hall–Kier alpha value is -3.41. The van der Waals surface area contributed by atoms with Crippen LogP contribution >= 0.6 is 0 Å². The predicted octanol–water partition coefficient (Wildman–Crippen LogP) is 2.37. The molecule has 0 amide bonds. The molecule has 0 radical (unpaired) electrons. The van der Waals surface area contributed by atoms with Gasteiger partial charge < -0.3 is 5.11 Å². The maximum atomic E-state index is 12.7. The molecule has 0 aliphatic carbocycles. The van der Waals surface area contributed by atoms with Crippen LogP contribution in [0, 0.1) is 0 Å². The Morgan fingerprint density at radius 2 is 1.78 bits per heavy atom. The third kappa shape index (κ3) is 3.11. The van der Waals surface area contributed by atoms with Gasteiger partial charge in [-0.15, -0.1) is 0 Å². The van der Waals surface area contributed by atoms with Crippen LogP contribution < -0.4 is 11.0 Å². The number of carbonyl (C=O) groups is 1. The minimum Gasteiger partial charge on any atom is -0.478 e. The van der Waals surface area contributed by atoms with Crippen molar-refractivity contribution in [3.63, 3.8) is 0 Å². The standard InChI is InChI=1S/C17H13N3O3/c21-16(22)11-10-15-18-14-9-5-4-8-13(14)17(23)20(15)19-12-6-2-1-3-7-12/h1-11,19H,(H,21,22)/b11-10+. The third-order valence-corrected chi connectivity index (χ3v) is 3.19. The molecule has 6 heteroatoms. The minimum atomic E-state index is -1.11. The summed E-state index contributed by atoms with van der Waals surface area (Å²) < 4.78 is 1.23. The first-order valence-electron chi connectivity index (χ1n) is 6.90. The van der Waals surface area contributed by atoms with E-state index in [0.717, 1.165) is 6.08 Å². The molecule has 3 rings (SSSR count). The number of carboxylic acids is 1. The molecule has 0 unspecified atom stereocenters. The van der Waals surface area contributed by atoms with Gasteiger partial charge in [0.2, 0.25) is 0 Å². The van der Waals surface area contributed by atoms with E-state index in [2.05, 4.69) is 10.4 Å². The Bertz CT molecular complexity index is 946. The molecular weight excluding hydrogens is 294 g/mol. The quantitative estimate of drug-likeness (QED) is 0.723. The van der Waals surface area contributed by atoms with Gasteiger partial charge in [-0.1, -0.05) is 30.3 Å². The molecule has 23 heavy (non-hydrogen) atoms. The number of hydrogen-bond donors (Lipinski definition) is 2. The topological polar surface area (TPSA) is 84.2 Å². The molecule has 6 nitrogen and oxygen atoms in total. The summed E-state index contributed by atoms with van der Waals surface area (Å²) >= 11 is 0. The zero-order valence-electron chi connectivity index (χ0n) is 12.0. The molecule has 0 fully saturated rings. The molecule has 0 spiro atoms. The second-order valence-electron chi connectivity index (χ2n) is 4.78. The van der Waals surface area contributed by atoms with E-state index in [4.69, 9.17) is 5.11 Å². The van der Waals surface area contributed by atoms with Crippen molar-refractivity contribution in [2.75, 3.05) is 5.43 Å². The average Bonchev–Trinajstić information content (AvgIpc) is 2.57. The predicted molar refractivity (Wildman–Crippen MR) is 88.1 cm³/mol. The van der Waals surface area contributed by atoms with Crippen LogP contribution in [0.4, 0.5) is 5.69 Å². The molecule has 0 saturated heterocycles. The minimum absolute atomic E-state index is 0.208. The number of fused-ring (bicyclic) bond motifs is 1. The second kappa shape index (κ2) is 6.15. The number of hydrogen-bond acceptors (Lipinski definition) is 4. The van der Waals surface area contributed by atoms with E-state index in [9.17, 15) is 9.59 Å². The van der Waals surface area contributed by atoms with Gasteiger partial charge in [0.1, 0.15) is 0 Å². The lowest BCUT2D eigenvalue weighted by Crippen LogP contribution is -2.29. The van der Waals surface area contributed by atoms with Crippen LogP contribution in [-0.2, 0) is 4.79 Å². The lowest BCUT2D eigenvalue weighted by Gasteiger charge is -2.13. The number of aromatic nitrogens is 2. The van der Waals surface area contributed by atoms with Gasteiger partial charge in [0, 0.05) is 6.08 Å². The largest absolute Gasteiger partial charge is 0.478 e. The molecule has 2 N–H and O–H groups in total. The van der Waals surface area contributed by atoms with Gasteiger partial charge in [-0.3, -0.25) is 10.2 Å². The van der Waals surface area contributed by atoms with Crippen molar-refractivity contribution in [2.24, 2.45) is 0 Å². The van der Waals surface area contributed by atoms with Gasteiger partial charge in [0.25, 0.3) is 5.56 Å².